The molecule has 0 spiro atoms. The Bertz CT molecular complexity index is 1120. The minimum atomic E-state index is -1.32. The van der Waals surface area contributed by atoms with E-state index in [1.54, 1.807) is 32.3 Å². The van der Waals surface area contributed by atoms with E-state index in [2.05, 4.69) is 26.8 Å². The molecule has 1 atom stereocenters. The van der Waals surface area contributed by atoms with Crippen molar-refractivity contribution in [3.63, 3.8) is 0 Å². The molecule has 2 N–H and O–H groups in total. The van der Waals surface area contributed by atoms with Crippen molar-refractivity contribution in [1.82, 2.24) is 14.8 Å². The number of rotatable bonds is 7. The van der Waals surface area contributed by atoms with E-state index in [-0.39, 0.29) is 18.1 Å². The zero-order valence-corrected chi connectivity index (χ0v) is 17.2. The van der Waals surface area contributed by atoms with E-state index in [1.807, 2.05) is 12.1 Å². The third-order valence-corrected chi connectivity index (χ3v) is 4.40. The number of hydrogen-bond acceptors (Lipinski definition) is 5. The number of amidine groups is 1. The van der Waals surface area contributed by atoms with Gasteiger partial charge in [0.15, 0.2) is 5.84 Å². The van der Waals surface area contributed by atoms with Crippen LogP contribution >= 0.6 is 0 Å². The van der Waals surface area contributed by atoms with Crippen molar-refractivity contribution in [3.8, 4) is 23.0 Å². The van der Waals surface area contributed by atoms with Crippen LogP contribution in [0.25, 0.3) is 11.4 Å². The van der Waals surface area contributed by atoms with Gasteiger partial charge in [-0.15, -0.1) is 0 Å². The molecule has 0 aliphatic carbocycles. The maximum atomic E-state index is 14.0. The molecule has 9 heteroatoms. The largest absolute Gasteiger partial charge is 0.438 e. The fraction of sp³-hybridized carbons (Fsp3) is 0.182. The lowest BCUT2D eigenvalue weighted by Gasteiger charge is -2.11. The molecule has 0 saturated carbocycles. The van der Waals surface area contributed by atoms with E-state index < -0.39 is 12.0 Å². The second kappa shape index (κ2) is 9.86. The molecular weight excluding hydrogens is 402 g/mol. The molecule has 0 amide bonds. The van der Waals surface area contributed by atoms with E-state index in [0.29, 0.717) is 28.4 Å². The van der Waals surface area contributed by atoms with Crippen LogP contribution < -0.4 is 10.5 Å². The Morgan fingerprint density at radius 3 is 2.77 bits per heavy atom. The molecule has 2 heterocycles. The van der Waals surface area contributed by atoms with Gasteiger partial charge >= 0.3 is 0 Å². The number of halogens is 2. The minimum Gasteiger partial charge on any atom is -0.438 e. The number of alkyl halides is 1. The number of benzene rings is 1. The number of nitrogens with two attached hydrogens (primary N) is 1. The fourth-order valence-electron chi connectivity index (χ4n) is 2.69. The van der Waals surface area contributed by atoms with E-state index in [1.165, 1.54) is 29.1 Å². The van der Waals surface area contributed by atoms with Crippen LogP contribution in [-0.4, -0.2) is 40.0 Å². The molecular formula is C22H22F2N6O. The second-order valence-electron chi connectivity index (χ2n) is 6.64. The van der Waals surface area contributed by atoms with Gasteiger partial charge < -0.3 is 10.5 Å². The fourth-order valence-corrected chi connectivity index (χ4v) is 2.69. The maximum absolute atomic E-state index is 14.0. The minimum absolute atomic E-state index is 0.144. The molecule has 3 aromatic rings. The van der Waals surface area contributed by atoms with Gasteiger partial charge in [0, 0.05) is 38.1 Å². The first kappa shape index (κ1) is 22.0. The normalized spacial score (nSPS) is 13.2. The van der Waals surface area contributed by atoms with Crippen molar-refractivity contribution in [3.05, 3.63) is 71.8 Å². The van der Waals surface area contributed by atoms with Crippen LogP contribution in [0.2, 0.25) is 0 Å². The maximum Gasteiger partial charge on any atom is 0.218 e. The Kier molecular flexibility index (Phi) is 6.99. The number of aromatic nitrogens is 3. The van der Waals surface area contributed by atoms with Gasteiger partial charge in [0.05, 0.1) is 11.3 Å². The van der Waals surface area contributed by atoms with Crippen LogP contribution in [0.15, 0.2) is 70.4 Å². The number of aryl methyl sites for hydroxylation is 1. The highest BCUT2D eigenvalue weighted by molar-refractivity contribution is 6.04. The average Bonchev–Trinajstić information content (AvgIpc) is 3.15. The van der Waals surface area contributed by atoms with E-state index in [0.717, 1.165) is 0 Å². The molecule has 3 rings (SSSR count). The van der Waals surface area contributed by atoms with Gasteiger partial charge in [0.2, 0.25) is 5.88 Å². The summed E-state index contributed by atoms with van der Waals surface area (Å²) in [4.78, 5) is 12.3. The molecule has 0 aliphatic heterocycles. The predicted molar refractivity (Wildman–Crippen MR) is 117 cm³/mol. The van der Waals surface area contributed by atoms with Crippen LogP contribution in [-0.2, 0) is 7.05 Å². The van der Waals surface area contributed by atoms with Crippen molar-refractivity contribution in [2.24, 2.45) is 22.8 Å². The Morgan fingerprint density at radius 1 is 1.29 bits per heavy atom. The monoisotopic (exact) mass is 424 g/mol. The number of nitrogens with zero attached hydrogens (tertiary/aromatic N) is 5. The summed E-state index contributed by atoms with van der Waals surface area (Å²) in [5.74, 6) is 0.150. The number of pyridine rings is 1. The third-order valence-electron chi connectivity index (χ3n) is 4.40. The molecule has 0 aliphatic rings. The first-order valence-electron chi connectivity index (χ1n) is 9.41. The molecule has 160 valence electrons. The molecule has 31 heavy (non-hydrogen) atoms. The van der Waals surface area contributed by atoms with Gasteiger partial charge in [-0.1, -0.05) is 6.07 Å². The lowest BCUT2D eigenvalue weighted by atomic mass is 10.1. The van der Waals surface area contributed by atoms with Gasteiger partial charge in [-0.2, -0.15) is 5.10 Å². The smallest absolute Gasteiger partial charge is 0.218 e. The highest BCUT2D eigenvalue weighted by atomic mass is 19.1. The molecule has 0 saturated heterocycles. The van der Waals surface area contributed by atoms with Gasteiger partial charge in [-0.05, 0) is 43.5 Å². The van der Waals surface area contributed by atoms with Crippen molar-refractivity contribution in [1.29, 1.82) is 0 Å². The second-order valence-corrected chi connectivity index (χ2v) is 6.64. The van der Waals surface area contributed by atoms with Crippen molar-refractivity contribution in [2.75, 3.05) is 6.54 Å². The zero-order chi connectivity index (χ0) is 22.4. The van der Waals surface area contributed by atoms with Crippen LogP contribution in [0.1, 0.15) is 12.5 Å². The Balaban J connectivity index is 1.97. The molecule has 0 fully saturated rings. The number of aliphatic imine (C=N–C) groups is 2. The highest BCUT2D eigenvalue weighted by Gasteiger charge is 2.16. The average molecular weight is 424 g/mol. The van der Waals surface area contributed by atoms with Gasteiger partial charge in [0.25, 0.3) is 0 Å². The first-order chi connectivity index (χ1) is 14.9. The van der Waals surface area contributed by atoms with E-state index >= 15 is 0 Å². The van der Waals surface area contributed by atoms with Crippen LogP contribution in [0.5, 0.6) is 11.6 Å². The molecule has 0 radical (unpaired) electrons. The number of ether oxygens (including phenoxy) is 1. The van der Waals surface area contributed by atoms with Crippen molar-refractivity contribution >= 4 is 12.6 Å². The van der Waals surface area contributed by atoms with Crippen LogP contribution in [0.3, 0.4) is 0 Å². The quantitative estimate of drug-likeness (QED) is 0.457. The topological polar surface area (TPSA) is 90.7 Å². The Labute approximate surface area is 178 Å². The molecule has 0 bridgehead atoms. The molecule has 7 nitrogen and oxygen atoms in total. The summed E-state index contributed by atoms with van der Waals surface area (Å²) in [5.41, 5.74) is 7.31. The highest BCUT2D eigenvalue weighted by Crippen LogP contribution is 2.29. The third kappa shape index (κ3) is 5.26. The summed E-state index contributed by atoms with van der Waals surface area (Å²) in [6.45, 7) is 4.92. The van der Waals surface area contributed by atoms with Gasteiger partial charge in [0.1, 0.15) is 23.4 Å². The Hall–Kier alpha value is -3.72. The molecule has 2 aromatic heterocycles. The summed E-state index contributed by atoms with van der Waals surface area (Å²) >= 11 is 0. The Morgan fingerprint density at radius 2 is 2.10 bits per heavy atom. The summed E-state index contributed by atoms with van der Waals surface area (Å²) in [6, 6.07) is 11.1. The lowest BCUT2D eigenvalue weighted by molar-refractivity contribution is 0.389. The van der Waals surface area contributed by atoms with Gasteiger partial charge in [-0.3, -0.25) is 4.98 Å². The summed E-state index contributed by atoms with van der Waals surface area (Å²) in [6.07, 6.45) is 1.66. The summed E-state index contributed by atoms with van der Waals surface area (Å²) in [7, 11) is 1.70. The first-order valence-corrected chi connectivity index (χ1v) is 9.41. The van der Waals surface area contributed by atoms with Gasteiger partial charge in [-0.25, -0.2) is 23.4 Å². The van der Waals surface area contributed by atoms with Crippen LogP contribution in [0.4, 0.5) is 8.78 Å². The SMILES string of the molecule is C=N/C(=N\C=C(/C)[C@@H](F)CN)c1ccc(F)cc1Oc1cc(-c2ccccn2)nn1C. The standard InChI is InChI=1S/C22H22F2N6O/c1-14(17(24)12-25)13-28-22(26-2)16-8-7-15(23)10-20(16)31-21-11-19(29-30(21)3)18-6-4-5-9-27-18/h4-11,13,17H,2,12,25H2,1,3H3/b14-13+,28-22-/t17-/m0/s1. The zero-order valence-electron chi connectivity index (χ0n) is 17.2. The number of hydrogen-bond donors (Lipinski definition) is 1. The van der Waals surface area contributed by atoms with E-state index in [9.17, 15) is 8.78 Å². The molecule has 0 unspecified atom stereocenters. The van der Waals surface area contributed by atoms with Crippen molar-refractivity contribution < 1.29 is 13.5 Å². The predicted octanol–water partition coefficient (Wildman–Crippen LogP) is 4.06. The summed E-state index contributed by atoms with van der Waals surface area (Å²) in [5, 5.41) is 4.39. The van der Waals surface area contributed by atoms with Crippen molar-refractivity contribution in [2.45, 2.75) is 13.1 Å². The molecule has 1 aromatic carbocycles. The van der Waals surface area contributed by atoms with Crippen LogP contribution in [0, 0.1) is 5.82 Å². The van der Waals surface area contributed by atoms with E-state index in [4.69, 9.17) is 10.5 Å². The summed E-state index contributed by atoms with van der Waals surface area (Å²) < 4.78 is 35.1. The lowest BCUT2D eigenvalue weighted by Crippen LogP contribution is -2.16.